The SMILES string of the molecule is N#Cc1cccc2c1[nH]c(=S)n2-c1ccccc1. The summed E-state index contributed by atoms with van der Waals surface area (Å²) >= 11 is 5.34. The summed E-state index contributed by atoms with van der Waals surface area (Å²) in [6.45, 7) is 0. The fraction of sp³-hybridized carbons (Fsp3) is 0. The predicted octanol–water partition coefficient (Wildman–Crippen LogP) is 3.56. The normalized spacial score (nSPS) is 10.4. The summed E-state index contributed by atoms with van der Waals surface area (Å²) < 4.78 is 2.53. The molecule has 0 aliphatic carbocycles. The molecule has 1 aromatic heterocycles. The molecule has 0 aliphatic heterocycles. The molecule has 3 rings (SSSR count). The van der Waals surface area contributed by atoms with E-state index in [1.807, 2.05) is 47.0 Å². The molecule has 86 valence electrons. The molecule has 18 heavy (non-hydrogen) atoms. The van der Waals surface area contributed by atoms with Crippen LogP contribution in [0.2, 0.25) is 0 Å². The van der Waals surface area contributed by atoms with Crippen molar-refractivity contribution in [3.8, 4) is 11.8 Å². The van der Waals surface area contributed by atoms with Gasteiger partial charge >= 0.3 is 0 Å². The molecular weight excluding hydrogens is 242 g/mol. The first kappa shape index (κ1) is 10.8. The average Bonchev–Trinajstić information content (AvgIpc) is 2.75. The Kier molecular flexibility index (Phi) is 2.47. The molecule has 0 unspecified atom stereocenters. The Morgan fingerprint density at radius 3 is 2.56 bits per heavy atom. The summed E-state index contributed by atoms with van der Waals surface area (Å²) in [7, 11) is 0. The maximum atomic E-state index is 9.09. The molecule has 3 aromatic rings. The van der Waals surface area contributed by atoms with E-state index in [0.29, 0.717) is 10.3 Å². The van der Waals surface area contributed by atoms with Crippen molar-refractivity contribution >= 4 is 23.3 Å². The van der Waals surface area contributed by atoms with Gasteiger partial charge in [-0.25, -0.2) is 0 Å². The predicted molar refractivity (Wildman–Crippen MR) is 73.2 cm³/mol. The van der Waals surface area contributed by atoms with Gasteiger partial charge in [-0.3, -0.25) is 4.57 Å². The number of fused-ring (bicyclic) bond motifs is 1. The van der Waals surface area contributed by atoms with Gasteiger partial charge < -0.3 is 4.98 Å². The number of hydrogen-bond acceptors (Lipinski definition) is 2. The first-order chi connectivity index (χ1) is 8.81. The molecule has 0 fully saturated rings. The van der Waals surface area contributed by atoms with Gasteiger partial charge in [0.2, 0.25) is 0 Å². The largest absolute Gasteiger partial charge is 0.329 e. The molecule has 0 amide bonds. The van der Waals surface area contributed by atoms with Gasteiger partial charge in [0.15, 0.2) is 4.77 Å². The van der Waals surface area contributed by atoms with Crippen molar-refractivity contribution in [2.24, 2.45) is 0 Å². The zero-order chi connectivity index (χ0) is 12.5. The minimum Gasteiger partial charge on any atom is -0.329 e. The maximum Gasteiger partial charge on any atom is 0.182 e. The van der Waals surface area contributed by atoms with Crippen LogP contribution in [0.5, 0.6) is 0 Å². The Morgan fingerprint density at radius 2 is 1.83 bits per heavy atom. The molecule has 4 heteroatoms. The van der Waals surface area contributed by atoms with E-state index in [-0.39, 0.29) is 0 Å². The Bertz CT molecular complexity index is 806. The van der Waals surface area contributed by atoms with Crippen LogP contribution < -0.4 is 0 Å². The van der Waals surface area contributed by atoms with Crippen LogP contribution in [0.25, 0.3) is 16.7 Å². The average molecular weight is 251 g/mol. The summed E-state index contributed by atoms with van der Waals surface area (Å²) in [5, 5.41) is 9.09. The summed E-state index contributed by atoms with van der Waals surface area (Å²) in [6.07, 6.45) is 0. The number of H-pyrrole nitrogens is 1. The standard InChI is InChI=1S/C14H9N3S/c15-9-10-5-4-8-12-13(10)16-14(18)17(12)11-6-2-1-3-7-11/h1-8H,(H,16,18). The van der Waals surface area contributed by atoms with Crippen LogP contribution in [0.1, 0.15) is 5.56 Å². The van der Waals surface area contributed by atoms with Gasteiger partial charge in [-0.2, -0.15) is 5.26 Å². The van der Waals surface area contributed by atoms with Gasteiger partial charge in [0, 0.05) is 5.69 Å². The van der Waals surface area contributed by atoms with E-state index in [0.717, 1.165) is 16.7 Å². The molecule has 0 saturated carbocycles. The number of rotatable bonds is 1. The third kappa shape index (κ3) is 1.53. The number of aromatic nitrogens is 2. The van der Waals surface area contributed by atoms with Crippen LogP contribution in [0.3, 0.4) is 0 Å². The van der Waals surface area contributed by atoms with Gasteiger partial charge in [-0.15, -0.1) is 0 Å². The monoisotopic (exact) mass is 251 g/mol. The van der Waals surface area contributed by atoms with Crippen molar-refractivity contribution in [1.82, 2.24) is 9.55 Å². The smallest absolute Gasteiger partial charge is 0.182 e. The first-order valence-electron chi connectivity index (χ1n) is 5.50. The Balaban J connectivity index is 2.42. The molecule has 2 aromatic carbocycles. The van der Waals surface area contributed by atoms with Crippen LogP contribution in [-0.4, -0.2) is 9.55 Å². The van der Waals surface area contributed by atoms with Crippen molar-refractivity contribution in [2.45, 2.75) is 0 Å². The highest BCUT2D eigenvalue weighted by Gasteiger charge is 2.08. The van der Waals surface area contributed by atoms with E-state index in [9.17, 15) is 0 Å². The van der Waals surface area contributed by atoms with Crippen molar-refractivity contribution in [1.29, 1.82) is 5.26 Å². The number of aromatic amines is 1. The molecular formula is C14H9N3S. The summed E-state index contributed by atoms with van der Waals surface area (Å²) in [5.41, 5.74) is 3.30. The van der Waals surface area contributed by atoms with E-state index in [4.69, 9.17) is 17.5 Å². The first-order valence-corrected chi connectivity index (χ1v) is 5.91. The highest BCUT2D eigenvalue weighted by molar-refractivity contribution is 7.71. The summed E-state index contributed by atoms with van der Waals surface area (Å²) in [4.78, 5) is 3.10. The molecule has 3 nitrogen and oxygen atoms in total. The van der Waals surface area contributed by atoms with Gasteiger partial charge in [0.25, 0.3) is 0 Å². The van der Waals surface area contributed by atoms with Gasteiger partial charge in [-0.05, 0) is 36.5 Å². The molecule has 0 atom stereocenters. The molecule has 1 N–H and O–H groups in total. The van der Waals surface area contributed by atoms with E-state index in [1.54, 1.807) is 6.07 Å². The van der Waals surface area contributed by atoms with Crippen molar-refractivity contribution in [3.63, 3.8) is 0 Å². The highest BCUT2D eigenvalue weighted by Crippen LogP contribution is 2.21. The lowest BCUT2D eigenvalue weighted by atomic mass is 10.2. The van der Waals surface area contributed by atoms with Crippen LogP contribution in [0.4, 0.5) is 0 Å². The fourth-order valence-electron chi connectivity index (χ4n) is 2.06. The number of nitrogens with zero attached hydrogens (tertiary/aromatic N) is 2. The van der Waals surface area contributed by atoms with Crippen LogP contribution in [-0.2, 0) is 0 Å². The van der Waals surface area contributed by atoms with Gasteiger partial charge in [-0.1, -0.05) is 24.3 Å². The third-order valence-electron chi connectivity index (χ3n) is 2.85. The third-order valence-corrected chi connectivity index (χ3v) is 3.14. The number of para-hydroxylation sites is 2. The lowest BCUT2D eigenvalue weighted by Gasteiger charge is -2.03. The van der Waals surface area contributed by atoms with Gasteiger partial charge in [0.1, 0.15) is 6.07 Å². The summed E-state index contributed by atoms with van der Waals surface area (Å²) in [5.74, 6) is 0. The molecule has 0 aliphatic rings. The molecule has 0 spiro atoms. The second-order valence-corrected chi connectivity index (χ2v) is 4.30. The van der Waals surface area contributed by atoms with Crippen LogP contribution in [0.15, 0.2) is 48.5 Å². The molecule has 1 heterocycles. The van der Waals surface area contributed by atoms with Crippen molar-refractivity contribution in [2.75, 3.05) is 0 Å². The number of benzene rings is 2. The second kappa shape index (κ2) is 4.13. The Morgan fingerprint density at radius 1 is 1.06 bits per heavy atom. The number of nitrogens with one attached hydrogen (secondary N) is 1. The van der Waals surface area contributed by atoms with Gasteiger partial charge in [0.05, 0.1) is 16.6 Å². The molecule has 0 radical (unpaired) electrons. The van der Waals surface area contributed by atoms with Crippen LogP contribution >= 0.6 is 12.2 Å². The maximum absolute atomic E-state index is 9.09. The fourth-order valence-corrected chi connectivity index (χ4v) is 2.36. The highest BCUT2D eigenvalue weighted by atomic mass is 32.1. The number of imidazole rings is 1. The molecule has 0 saturated heterocycles. The molecule has 0 bridgehead atoms. The van der Waals surface area contributed by atoms with Crippen molar-refractivity contribution in [3.05, 3.63) is 58.9 Å². The van der Waals surface area contributed by atoms with Crippen LogP contribution in [0, 0.1) is 16.1 Å². The summed E-state index contributed by atoms with van der Waals surface area (Å²) in [6, 6.07) is 17.6. The quantitative estimate of drug-likeness (QED) is 0.672. The number of hydrogen-bond donors (Lipinski definition) is 1. The van der Waals surface area contributed by atoms with E-state index in [2.05, 4.69) is 11.1 Å². The Hall–Kier alpha value is -2.38. The van der Waals surface area contributed by atoms with E-state index < -0.39 is 0 Å². The topological polar surface area (TPSA) is 44.5 Å². The lowest BCUT2D eigenvalue weighted by molar-refractivity contribution is 1.06. The zero-order valence-corrected chi connectivity index (χ0v) is 10.2. The van der Waals surface area contributed by atoms with Crippen molar-refractivity contribution < 1.29 is 0 Å². The van der Waals surface area contributed by atoms with E-state index in [1.165, 1.54) is 0 Å². The zero-order valence-electron chi connectivity index (χ0n) is 9.42. The minimum atomic E-state index is 0.596. The second-order valence-electron chi connectivity index (χ2n) is 3.91. The lowest BCUT2D eigenvalue weighted by Crippen LogP contribution is -1.92. The number of nitriles is 1. The van der Waals surface area contributed by atoms with E-state index >= 15 is 0 Å². The Labute approximate surface area is 109 Å². The minimum absolute atomic E-state index is 0.596.